The average molecular weight is 384 g/mol. The first-order valence-corrected chi connectivity index (χ1v) is 7.73. The van der Waals surface area contributed by atoms with Gasteiger partial charge in [-0.05, 0) is 31.0 Å². The van der Waals surface area contributed by atoms with Crippen LogP contribution < -0.4 is 5.32 Å². The highest BCUT2D eigenvalue weighted by Gasteiger charge is 2.06. The van der Waals surface area contributed by atoms with Crippen LogP contribution in [0.25, 0.3) is 0 Å². The zero-order valence-corrected chi connectivity index (χ0v) is 13.2. The lowest BCUT2D eigenvalue weighted by atomic mass is 10.2. The van der Waals surface area contributed by atoms with Crippen LogP contribution in [-0.2, 0) is 0 Å². The van der Waals surface area contributed by atoms with E-state index in [0.29, 0.717) is 17.1 Å². The molecule has 0 saturated carbocycles. The van der Waals surface area contributed by atoms with Crippen LogP contribution in [0.15, 0.2) is 22.7 Å². The van der Waals surface area contributed by atoms with E-state index in [1.807, 2.05) is 0 Å². The van der Waals surface area contributed by atoms with Gasteiger partial charge in [0.2, 0.25) is 0 Å². The van der Waals surface area contributed by atoms with Gasteiger partial charge in [0.25, 0.3) is 5.91 Å². The van der Waals surface area contributed by atoms with Crippen molar-refractivity contribution in [3.8, 4) is 0 Å². The van der Waals surface area contributed by atoms with Crippen LogP contribution in [0, 0.1) is 0 Å². The summed E-state index contributed by atoms with van der Waals surface area (Å²) in [5, 5.41) is 4.45. The number of rotatable bonds is 6. The summed E-state index contributed by atoms with van der Waals surface area (Å²) >= 11 is 12.6. The molecule has 1 N–H and O–H groups in total. The second-order valence-corrected chi connectivity index (χ2v) is 5.81. The third kappa shape index (κ3) is 5.89. The number of benzene rings is 1. The normalized spacial score (nSPS) is 10.3. The van der Waals surface area contributed by atoms with Gasteiger partial charge in [0.05, 0.1) is 0 Å². The number of unbranched alkanes of at least 4 members (excludes halogenated alkanes) is 2. The predicted octanol–water partition coefficient (Wildman–Crippen LogP) is 4.40. The van der Waals surface area contributed by atoms with Gasteiger partial charge in [-0.2, -0.15) is 0 Å². The van der Waals surface area contributed by atoms with E-state index in [4.69, 9.17) is 11.6 Å². The van der Waals surface area contributed by atoms with E-state index in [1.165, 1.54) is 0 Å². The van der Waals surface area contributed by atoms with Gasteiger partial charge in [0.1, 0.15) is 0 Å². The van der Waals surface area contributed by atoms with Crippen LogP contribution in [0.4, 0.5) is 0 Å². The lowest BCUT2D eigenvalue weighted by molar-refractivity contribution is 0.0953. The first-order chi connectivity index (χ1) is 8.13. The highest BCUT2D eigenvalue weighted by molar-refractivity contribution is 9.10. The number of amides is 1. The van der Waals surface area contributed by atoms with E-state index in [1.54, 1.807) is 18.2 Å². The zero-order valence-electron chi connectivity index (χ0n) is 9.31. The SMILES string of the molecule is O=C(NCCCCCBr)c1cc(Cl)cc(Br)c1. The Bertz CT molecular complexity index is 365. The molecule has 0 heterocycles. The Kier molecular flexibility index (Phi) is 7.16. The largest absolute Gasteiger partial charge is 0.352 e. The van der Waals surface area contributed by atoms with Crippen molar-refractivity contribution in [1.29, 1.82) is 0 Å². The van der Waals surface area contributed by atoms with Gasteiger partial charge in [0, 0.05) is 26.9 Å². The highest BCUT2D eigenvalue weighted by Crippen LogP contribution is 2.19. The van der Waals surface area contributed by atoms with Crippen molar-refractivity contribution < 1.29 is 4.79 Å². The summed E-state index contributed by atoms with van der Waals surface area (Å²) in [5.41, 5.74) is 0.588. The quantitative estimate of drug-likeness (QED) is 0.573. The number of carbonyl (C=O) groups excluding carboxylic acids is 1. The van der Waals surface area contributed by atoms with Crippen LogP contribution in [-0.4, -0.2) is 17.8 Å². The van der Waals surface area contributed by atoms with E-state index in [9.17, 15) is 4.79 Å². The summed E-state index contributed by atoms with van der Waals surface area (Å²) in [6, 6.07) is 5.19. The molecule has 0 aliphatic carbocycles. The Labute approximate surface area is 123 Å². The summed E-state index contributed by atoms with van der Waals surface area (Å²) in [5.74, 6) is -0.0768. The maximum atomic E-state index is 11.8. The van der Waals surface area contributed by atoms with Crippen LogP contribution >= 0.6 is 43.5 Å². The molecular weight excluding hydrogens is 369 g/mol. The van der Waals surface area contributed by atoms with Crippen LogP contribution in [0.3, 0.4) is 0 Å². The third-order valence-corrected chi connectivity index (χ3v) is 3.46. The number of halogens is 3. The molecule has 2 nitrogen and oxygen atoms in total. The molecule has 5 heteroatoms. The van der Waals surface area contributed by atoms with Crippen molar-refractivity contribution in [3.63, 3.8) is 0 Å². The monoisotopic (exact) mass is 381 g/mol. The molecule has 0 saturated heterocycles. The summed E-state index contributed by atoms with van der Waals surface area (Å²) in [7, 11) is 0. The lowest BCUT2D eigenvalue weighted by Crippen LogP contribution is -2.24. The molecule has 0 radical (unpaired) electrons. The van der Waals surface area contributed by atoms with Crippen LogP contribution in [0.1, 0.15) is 29.6 Å². The Morgan fingerprint density at radius 1 is 1.24 bits per heavy atom. The van der Waals surface area contributed by atoms with E-state index >= 15 is 0 Å². The Balaban J connectivity index is 2.41. The zero-order chi connectivity index (χ0) is 12.7. The number of nitrogens with one attached hydrogen (secondary N) is 1. The van der Waals surface area contributed by atoms with Crippen molar-refractivity contribution in [2.45, 2.75) is 19.3 Å². The Morgan fingerprint density at radius 3 is 2.65 bits per heavy atom. The van der Waals surface area contributed by atoms with Crippen molar-refractivity contribution in [1.82, 2.24) is 5.32 Å². The molecule has 17 heavy (non-hydrogen) atoms. The minimum absolute atomic E-state index is 0.0768. The lowest BCUT2D eigenvalue weighted by Gasteiger charge is -2.05. The number of alkyl halides is 1. The molecule has 0 bridgehead atoms. The molecule has 1 aromatic rings. The predicted molar refractivity (Wildman–Crippen MR) is 79.1 cm³/mol. The Morgan fingerprint density at radius 2 is 2.00 bits per heavy atom. The number of hydrogen-bond donors (Lipinski definition) is 1. The summed E-state index contributed by atoms with van der Waals surface area (Å²) in [6.45, 7) is 0.704. The van der Waals surface area contributed by atoms with Crippen molar-refractivity contribution >= 4 is 49.4 Å². The number of carbonyl (C=O) groups is 1. The summed E-state index contributed by atoms with van der Waals surface area (Å²) in [6.07, 6.45) is 3.25. The van der Waals surface area contributed by atoms with E-state index in [0.717, 1.165) is 29.1 Å². The standard InChI is InChI=1S/C12H14Br2ClNO/c13-4-2-1-3-5-16-12(17)9-6-10(14)8-11(15)7-9/h6-8H,1-5H2,(H,16,17). The van der Waals surface area contributed by atoms with Crippen LogP contribution in [0.5, 0.6) is 0 Å². The van der Waals surface area contributed by atoms with Gasteiger partial charge in [0.15, 0.2) is 0 Å². The molecule has 0 spiro atoms. The smallest absolute Gasteiger partial charge is 0.251 e. The molecule has 1 aromatic carbocycles. The maximum Gasteiger partial charge on any atom is 0.251 e. The fourth-order valence-corrected chi connectivity index (χ4v) is 2.64. The van der Waals surface area contributed by atoms with Gasteiger partial charge in [-0.3, -0.25) is 4.79 Å². The minimum Gasteiger partial charge on any atom is -0.352 e. The molecule has 1 amide bonds. The number of hydrogen-bond acceptors (Lipinski definition) is 1. The summed E-state index contributed by atoms with van der Waals surface area (Å²) in [4.78, 5) is 11.8. The maximum absolute atomic E-state index is 11.8. The molecule has 1 rings (SSSR count). The molecule has 0 aromatic heterocycles. The minimum atomic E-state index is -0.0768. The molecule has 94 valence electrons. The average Bonchev–Trinajstić information content (AvgIpc) is 2.27. The van der Waals surface area contributed by atoms with Gasteiger partial charge in [-0.25, -0.2) is 0 Å². The van der Waals surface area contributed by atoms with Crippen molar-refractivity contribution in [2.75, 3.05) is 11.9 Å². The Hall–Kier alpha value is -0.0600. The second-order valence-electron chi connectivity index (χ2n) is 3.66. The topological polar surface area (TPSA) is 29.1 Å². The van der Waals surface area contributed by atoms with Gasteiger partial charge >= 0.3 is 0 Å². The molecule has 0 unspecified atom stereocenters. The fourth-order valence-electron chi connectivity index (χ4n) is 1.39. The molecule has 0 aliphatic heterocycles. The molecule has 0 fully saturated rings. The molecule has 0 aliphatic rings. The fraction of sp³-hybridized carbons (Fsp3) is 0.417. The first kappa shape index (κ1) is 15.0. The second kappa shape index (κ2) is 8.11. The summed E-state index contributed by atoms with van der Waals surface area (Å²) < 4.78 is 0.814. The van der Waals surface area contributed by atoms with Gasteiger partial charge in [-0.1, -0.05) is 49.9 Å². The molecule has 0 atom stereocenters. The van der Waals surface area contributed by atoms with E-state index in [2.05, 4.69) is 37.2 Å². The van der Waals surface area contributed by atoms with Gasteiger partial charge < -0.3 is 5.32 Å². The van der Waals surface area contributed by atoms with Crippen LogP contribution in [0.2, 0.25) is 5.02 Å². The highest BCUT2D eigenvalue weighted by atomic mass is 79.9. The van der Waals surface area contributed by atoms with E-state index < -0.39 is 0 Å². The molecular formula is C12H14Br2ClNO. The first-order valence-electron chi connectivity index (χ1n) is 5.43. The van der Waals surface area contributed by atoms with Crippen molar-refractivity contribution in [3.05, 3.63) is 33.3 Å². The van der Waals surface area contributed by atoms with Gasteiger partial charge in [-0.15, -0.1) is 0 Å². The third-order valence-electron chi connectivity index (χ3n) is 2.22. The van der Waals surface area contributed by atoms with E-state index in [-0.39, 0.29) is 5.91 Å². The van der Waals surface area contributed by atoms with Crippen molar-refractivity contribution in [2.24, 2.45) is 0 Å².